The quantitative estimate of drug-likeness (QED) is 0.928. The Morgan fingerprint density at radius 1 is 1.38 bits per heavy atom. The summed E-state index contributed by atoms with van der Waals surface area (Å²) in [6, 6.07) is 0. The van der Waals surface area contributed by atoms with Crippen LogP contribution in [0.3, 0.4) is 0 Å². The minimum absolute atomic E-state index is 0.339. The maximum absolute atomic E-state index is 4.72. The zero-order valence-electron chi connectivity index (χ0n) is 13.3. The molecular weight excluding hydrogens is 278 g/mol. The van der Waals surface area contributed by atoms with Crippen molar-refractivity contribution in [2.45, 2.75) is 70.0 Å². The number of aryl methyl sites for hydroxylation is 1. The molecule has 2 heterocycles. The van der Waals surface area contributed by atoms with Crippen molar-refractivity contribution in [1.29, 1.82) is 0 Å². The number of nitrogens with one attached hydrogen (secondary N) is 1. The van der Waals surface area contributed by atoms with Crippen molar-refractivity contribution in [1.82, 2.24) is 15.2 Å². The van der Waals surface area contributed by atoms with Crippen LogP contribution in [-0.4, -0.2) is 34.1 Å². The average molecular weight is 305 g/mol. The smallest absolute Gasteiger partial charge is 0.0897 e. The van der Waals surface area contributed by atoms with Crippen LogP contribution < -0.4 is 5.32 Å². The molecule has 1 unspecified atom stereocenters. The predicted octanol–water partition coefficient (Wildman–Crippen LogP) is 3.34. The number of rotatable bonds is 3. The van der Waals surface area contributed by atoms with Gasteiger partial charge in [0.2, 0.25) is 0 Å². The molecule has 3 fully saturated rings. The van der Waals surface area contributed by atoms with Gasteiger partial charge in [-0.15, -0.1) is 11.3 Å². The topological polar surface area (TPSA) is 28.2 Å². The monoisotopic (exact) mass is 305 g/mol. The zero-order valence-corrected chi connectivity index (χ0v) is 14.1. The van der Waals surface area contributed by atoms with E-state index < -0.39 is 0 Å². The first-order chi connectivity index (χ1) is 10.1. The molecule has 1 aromatic rings. The van der Waals surface area contributed by atoms with Gasteiger partial charge in [-0.1, -0.05) is 12.8 Å². The van der Waals surface area contributed by atoms with E-state index in [0.717, 1.165) is 12.5 Å². The molecular formula is C17H27N3S. The zero-order chi connectivity index (χ0) is 14.5. The van der Waals surface area contributed by atoms with Crippen molar-refractivity contribution in [2.75, 3.05) is 13.1 Å². The number of hydrogen-bond donors (Lipinski definition) is 1. The van der Waals surface area contributed by atoms with Gasteiger partial charge in [-0.05, 0) is 45.4 Å². The molecule has 3 nitrogen and oxygen atoms in total. The van der Waals surface area contributed by atoms with E-state index in [1.807, 2.05) is 0 Å². The highest BCUT2D eigenvalue weighted by molar-refractivity contribution is 7.09. The van der Waals surface area contributed by atoms with Crippen LogP contribution in [0, 0.1) is 12.8 Å². The third kappa shape index (κ3) is 2.55. The summed E-state index contributed by atoms with van der Waals surface area (Å²) in [5.41, 5.74) is 2.02. The standard InChI is InChI=1S/C17H27N3S/c1-13-19-15(10-21-13)9-20-12-17(7-3-4-8-17)18-11-16(20,2)14-5-6-14/h10,14,18H,3-9,11-12H2,1-2H3. The van der Waals surface area contributed by atoms with E-state index >= 15 is 0 Å². The summed E-state index contributed by atoms with van der Waals surface area (Å²) in [7, 11) is 0. The van der Waals surface area contributed by atoms with Crippen LogP contribution in [0.4, 0.5) is 0 Å². The van der Waals surface area contributed by atoms with Crippen molar-refractivity contribution in [3.05, 3.63) is 16.1 Å². The van der Waals surface area contributed by atoms with E-state index in [9.17, 15) is 0 Å². The molecule has 3 aliphatic rings. The van der Waals surface area contributed by atoms with Gasteiger partial charge in [-0.3, -0.25) is 4.90 Å². The maximum atomic E-state index is 4.72. The molecule has 1 atom stereocenters. The Kier molecular flexibility index (Phi) is 3.40. The van der Waals surface area contributed by atoms with Gasteiger partial charge >= 0.3 is 0 Å². The number of nitrogens with zero attached hydrogens (tertiary/aromatic N) is 2. The highest BCUT2D eigenvalue weighted by Crippen LogP contribution is 2.47. The molecule has 2 saturated carbocycles. The molecule has 1 aliphatic heterocycles. The molecule has 4 rings (SSSR count). The molecule has 0 amide bonds. The Hall–Kier alpha value is -0.450. The van der Waals surface area contributed by atoms with Gasteiger partial charge < -0.3 is 5.32 Å². The molecule has 0 bridgehead atoms. The molecule has 1 aromatic heterocycles. The molecule has 0 radical (unpaired) electrons. The molecule has 1 N–H and O–H groups in total. The van der Waals surface area contributed by atoms with Crippen LogP contribution in [0.25, 0.3) is 0 Å². The summed E-state index contributed by atoms with van der Waals surface area (Å²) in [5, 5.41) is 7.42. The van der Waals surface area contributed by atoms with Gasteiger partial charge in [0.05, 0.1) is 10.7 Å². The summed E-state index contributed by atoms with van der Waals surface area (Å²) in [4.78, 5) is 7.50. The van der Waals surface area contributed by atoms with Gasteiger partial charge in [0.15, 0.2) is 0 Å². The summed E-state index contributed by atoms with van der Waals surface area (Å²) in [5.74, 6) is 0.892. The molecule has 4 heteroatoms. The van der Waals surface area contributed by atoms with Gasteiger partial charge in [0.1, 0.15) is 0 Å². The molecule has 2 aliphatic carbocycles. The molecule has 1 spiro atoms. The van der Waals surface area contributed by atoms with Gasteiger partial charge in [0.25, 0.3) is 0 Å². The maximum Gasteiger partial charge on any atom is 0.0897 e. The van der Waals surface area contributed by atoms with Crippen molar-refractivity contribution < 1.29 is 0 Å². The molecule has 21 heavy (non-hydrogen) atoms. The van der Waals surface area contributed by atoms with E-state index in [-0.39, 0.29) is 0 Å². The van der Waals surface area contributed by atoms with Gasteiger partial charge in [-0.25, -0.2) is 4.98 Å². The number of thiazole rings is 1. The number of aromatic nitrogens is 1. The summed E-state index contributed by atoms with van der Waals surface area (Å²) in [6.07, 6.45) is 8.35. The van der Waals surface area contributed by atoms with Crippen molar-refractivity contribution in [3.8, 4) is 0 Å². The third-order valence-electron chi connectivity index (χ3n) is 6.07. The fraction of sp³-hybridized carbons (Fsp3) is 0.824. The van der Waals surface area contributed by atoms with Crippen LogP contribution in [0.15, 0.2) is 5.38 Å². The highest BCUT2D eigenvalue weighted by atomic mass is 32.1. The largest absolute Gasteiger partial charge is 0.308 e. The van der Waals surface area contributed by atoms with E-state index in [0.29, 0.717) is 11.1 Å². The second kappa shape index (κ2) is 5.04. The number of piperazine rings is 1. The lowest BCUT2D eigenvalue weighted by molar-refractivity contribution is -0.00453. The SMILES string of the molecule is Cc1nc(CN2CC3(CCCC3)NCC2(C)C2CC2)cs1. The van der Waals surface area contributed by atoms with E-state index in [1.54, 1.807) is 11.3 Å². The van der Waals surface area contributed by atoms with Crippen LogP contribution >= 0.6 is 11.3 Å². The van der Waals surface area contributed by atoms with E-state index in [4.69, 9.17) is 4.98 Å². The Bertz CT molecular complexity index is 516. The first-order valence-corrected chi connectivity index (χ1v) is 9.39. The van der Waals surface area contributed by atoms with Crippen molar-refractivity contribution in [2.24, 2.45) is 5.92 Å². The highest BCUT2D eigenvalue weighted by Gasteiger charge is 2.52. The molecule has 116 valence electrons. The fourth-order valence-electron chi connectivity index (χ4n) is 4.49. The lowest BCUT2D eigenvalue weighted by atomic mass is 9.83. The lowest BCUT2D eigenvalue weighted by Crippen LogP contribution is -2.68. The average Bonchev–Trinajstić information content (AvgIpc) is 3.11. The van der Waals surface area contributed by atoms with Gasteiger partial charge in [-0.2, -0.15) is 0 Å². The predicted molar refractivity (Wildman–Crippen MR) is 87.6 cm³/mol. The first kappa shape index (κ1) is 14.2. The van der Waals surface area contributed by atoms with Crippen LogP contribution in [0.2, 0.25) is 0 Å². The second-order valence-corrected chi connectivity index (χ2v) is 8.75. The third-order valence-corrected chi connectivity index (χ3v) is 6.90. The van der Waals surface area contributed by atoms with Crippen LogP contribution in [-0.2, 0) is 6.54 Å². The van der Waals surface area contributed by atoms with Crippen LogP contribution in [0.1, 0.15) is 56.2 Å². The minimum Gasteiger partial charge on any atom is -0.308 e. The first-order valence-electron chi connectivity index (χ1n) is 8.51. The Morgan fingerprint density at radius 2 is 2.14 bits per heavy atom. The van der Waals surface area contributed by atoms with Gasteiger partial charge in [0, 0.05) is 36.1 Å². The summed E-state index contributed by atoms with van der Waals surface area (Å²) in [6.45, 7) is 8.03. The lowest BCUT2D eigenvalue weighted by Gasteiger charge is -2.53. The normalized spacial score (nSPS) is 32.9. The van der Waals surface area contributed by atoms with Crippen molar-refractivity contribution >= 4 is 11.3 Å². The minimum atomic E-state index is 0.339. The summed E-state index contributed by atoms with van der Waals surface area (Å²) < 4.78 is 0. The summed E-state index contributed by atoms with van der Waals surface area (Å²) >= 11 is 1.79. The number of hydrogen-bond acceptors (Lipinski definition) is 4. The fourth-order valence-corrected chi connectivity index (χ4v) is 5.09. The van der Waals surface area contributed by atoms with E-state index in [1.165, 1.54) is 62.3 Å². The molecule has 0 aromatic carbocycles. The van der Waals surface area contributed by atoms with Crippen LogP contribution in [0.5, 0.6) is 0 Å². The second-order valence-electron chi connectivity index (χ2n) is 7.69. The van der Waals surface area contributed by atoms with E-state index in [2.05, 4.69) is 29.4 Å². The molecule has 1 saturated heterocycles. The Labute approximate surface area is 132 Å². The Morgan fingerprint density at radius 3 is 2.76 bits per heavy atom. The Balaban J connectivity index is 1.57. The van der Waals surface area contributed by atoms with Crippen molar-refractivity contribution in [3.63, 3.8) is 0 Å².